The number of unbranched alkanes of at least 4 members (excludes halogenated alkanes) is 1. The number of rotatable bonds is 9. The van der Waals surface area contributed by atoms with Gasteiger partial charge in [0.25, 0.3) is 0 Å². The third kappa shape index (κ3) is 4.72. The van der Waals surface area contributed by atoms with Gasteiger partial charge in [-0.3, -0.25) is 9.78 Å². The quantitative estimate of drug-likeness (QED) is 0.582. The smallest absolute Gasteiger partial charge is 0.230 e. The van der Waals surface area contributed by atoms with Crippen LogP contribution < -0.4 is 5.32 Å². The number of nitrogens with one attached hydrogen (secondary N) is 1. The van der Waals surface area contributed by atoms with Crippen molar-refractivity contribution >= 4 is 17.7 Å². The Bertz CT molecular complexity index is 817. The Morgan fingerprint density at radius 3 is 2.96 bits per heavy atom. The summed E-state index contributed by atoms with van der Waals surface area (Å²) in [6.07, 6.45) is 7.18. The van der Waals surface area contributed by atoms with E-state index < -0.39 is 0 Å². The highest BCUT2D eigenvalue weighted by molar-refractivity contribution is 7.99. The molecule has 0 unspecified atom stereocenters. The molecule has 0 spiro atoms. The third-order valence-electron chi connectivity index (χ3n) is 3.74. The molecular formula is C18H21N5O2S. The molecule has 0 saturated heterocycles. The fourth-order valence-electron chi connectivity index (χ4n) is 2.40. The minimum Gasteiger partial charge on any atom is -0.467 e. The molecule has 0 aliphatic rings. The molecule has 26 heavy (non-hydrogen) atoms. The Hall–Kier alpha value is -2.61. The topological polar surface area (TPSA) is 85.8 Å². The van der Waals surface area contributed by atoms with Crippen LogP contribution in [0.4, 0.5) is 0 Å². The predicted molar refractivity (Wildman–Crippen MR) is 99.4 cm³/mol. The average Bonchev–Trinajstić information content (AvgIpc) is 3.33. The Labute approximate surface area is 156 Å². The minimum absolute atomic E-state index is 0.0700. The summed E-state index contributed by atoms with van der Waals surface area (Å²) in [5, 5.41) is 12.2. The third-order valence-corrected chi connectivity index (χ3v) is 4.71. The first-order valence-electron chi connectivity index (χ1n) is 8.53. The summed E-state index contributed by atoms with van der Waals surface area (Å²) in [5.41, 5.74) is 0.922. The molecule has 0 radical (unpaired) electrons. The van der Waals surface area contributed by atoms with E-state index >= 15 is 0 Å². The lowest BCUT2D eigenvalue weighted by molar-refractivity contribution is -0.118. The number of thioether (sulfide) groups is 1. The minimum atomic E-state index is -0.0700. The SMILES string of the molecule is CCCCn1c(SCC(=O)NCc2ccco2)nnc1-c1cccnc1. The Balaban J connectivity index is 1.65. The zero-order valence-electron chi connectivity index (χ0n) is 14.6. The number of aromatic nitrogens is 4. The van der Waals surface area contributed by atoms with E-state index in [-0.39, 0.29) is 11.7 Å². The predicted octanol–water partition coefficient (Wildman–Crippen LogP) is 3.14. The van der Waals surface area contributed by atoms with Gasteiger partial charge in [-0.05, 0) is 30.7 Å². The molecule has 0 aliphatic carbocycles. The number of furan rings is 1. The fraction of sp³-hybridized carbons (Fsp3) is 0.333. The highest BCUT2D eigenvalue weighted by Crippen LogP contribution is 2.24. The maximum atomic E-state index is 12.1. The molecule has 1 amide bonds. The van der Waals surface area contributed by atoms with Crippen LogP contribution in [0.2, 0.25) is 0 Å². The molecule has 3 aromatic rings. The Morgan fingerprint density at radius 1 is 1.31 bits per heavy atom. The van der Waals surface area contributed by atoms with Crippen LogP contribution in [0.3, 0.4) is 0 Å². The van der Waals surface area contributed by atoms with Gasteiger partial charge in [0.1, 0.15) is 5.76 Å². The second-order valence-corrected chi connectivity index (χ2v) is 6.64. The summed E-state index contributed by atoms with van der Waals surface area (Å²) < 4.78 is 7.27. The summed E-state index contributed by atoms with van der Waals surface area (Å²) in [5.74, 6) is 1.72. The summed E-state index contributed by atoms with van der Waals surface area (Å²) >= 11 is 1.38. The van der Waals surface area contributed by atoms with Crippen molar-refractivity contribution in [1.82, 2.24) is 25.1 Å². The molecular weight excluding hydrogens is 350 g/mol. The van der Waals surface area contributed by atoms with Crippen LogP contribution in [0, 0.1) is 0 Å². The van der Waals surface area contributed by atoms with Crippen LogP contribution in [0.5, 0.6) is 0 Å². The fourth-order valence-corrected chi connectivity index (χ4v) is 3.20. The molecule has 7 nitrogen and oxygen atoms in total. The number of hydrogen-bond donors (Lipinski definition) is 1. The zero-order chi connectivity index (χ0) is 18.2. The molecule has 0 aliphatic heterocycles. The molecule has 0 saturated carbocycles. The highest BCUT2D eigenvalue weighted by Gasteiger charge is 2.15. The second kappa shape index (κ2) is 9.19. The van der Waals surface area contributed by atoms with Crippen molar-refractivity contribution in [2.24, 2.45) is 0 Å². The number of amides is 1. The molecule has 0 aromatic carbocycles. The molecule has 8 heteroatoms. The van der Waals surface area contributed by atoms with Gasteiger partial charge in [-0.2, -0.15) is 0 Å². The van der Waals surface area contributed by atoms with E-state index in [1.165, 1.54) is 11.8 Å². The molecule has 3 heterocycles. The second-order valence-electron chi connectivity index (χ2n) is 5.70. The van der Waals surface area contributed by atoms with Crippen molar-refractivity contribution in [2.45, 2.75) is 38.0 Å². The van der Waals surface area contributed by atoms with Gasteiger partial charge in [0.05, 0.1) is 18.6 Å². The molecule has 0 bridgehead atoms. The van der Waals surface area contributed by atoms with Gasteiger partial charge in [-0.15, -0.1) is 10.2 Å². The molecule has 3 rings (SSSR count). The van der Waals surface area contributed by atoms with Crippen LogP contribution in [0.15, 0.2) is 52.5 Å². The molecule has 3 aromatic heterocycles. The molecule has 136 valence electrons. The first kappa shape index (κ1) is 18.2. The molecule has 0 atom stereocenters. The van der Waals surface area contributed by atoms with E-state index in [0.29, 0.717) is 6.54 Å². The Morgan fingerprint density at radius 2 is 2.23 bits per heavy atom. The van der Waals surface area contributed by atoms with Crippen molar-refractivity contribution < 1.29 is 9.21 Å². The number of carbonyl (C=O) groups is 1. The first-order chi connectivity index (χ1) is 12.8. The first-order valence-corrected chi connectivity index (χ1v) is 9.52. The Kier molecular flexibility index (Phi) is 6.43. The normalized spacial score (nSPS) is 10.8. The monoisotopic (exact) mass is 371 g/mol. The van der Waals surface area contributed by atoms with Crippen molar-refractivity contribution in [1.29, 1.82) is 0 Å². The maximum Gasteiger partial charge on any atom is 0.230 e. The van der Waals surface area contributed by atoms with E-state index in [4.69, 9.17) is 4.42 Å². The van der Waals surface area contributed by atoms with Crippen molar-refractivity contribution in [3.05, 3.63) is 48.7 Å². The molecule has 0 fully saturated rings. The highest BCUT2D eigenvalue weighted by atomic mass is 32.2. The van der Waals surface area contributed by atoms with Gasteiger partial charge >= 0.3 is 0 Å². The van der Waals surface area contributed by atoms with Gasteiger partial charge in [-0.1, -0.05) is 25.1 Å². The van der Waals surface area contributed by atoms with Crippen LogP contribution in [-0.4, -0.2) is 31.4 Å². The van der Waals surface area contributed by atoms with Gasteiger partial charge in [0, 0.05) is 24.5 Å². The van der Waals surface area contributed by atoms with Gasteiger partial charge < -0.3 is 14.3 Å². The number of carbonyl (C=O) groups excluding carboxylic acids is 1. The van der Waals surface area contributed by atoms with E-state index in [1.54, 1.807) is 24.7 Å². The largest absolute Gasteiger partial charge is 0.467 e. The maximum absolute atomic E-state index is 12.1. The number of hydrogen-bond acceptors (Lipinski definition) is 6. The van der Waals surface area contributed by atoms with Crippen LogP contribution in [-0.2, 0) is 17.9 Å². The van der Waals surface area contributed by atoms with E-state index in [1.807, 2.05) is 18.2 Å². The van der Waals surface area contributed by atoms with Crippen molar-refractivity contribution in [3.63, 3.8) is 0 Å². The van der Waals surface area contributed by atoms with Crippen molar-refractivity contribution in [2.75, 3.05) is 5.75 Å². The van der Waals surface area contributed by atoms with Crippen molar-refractivity contribution in [3.8, 4) is 11.4 Å². The van der Waals surface area contributed by atoms with Crippen LogP contribution in [0.1, 0.15) is 25.5 Å². The summed E-state index contributed by atoms with van der Waals surface area (Å²) in [4.78, 5) is 16.2. The zero-order valence-corrected chi connectivity index (χ0v) is 15.4. The van der Waals surface area contributed by atoms with E-state index in [2.05, 4.69) is 32.0 Å². The average molecular weight is 371 g/mol. The lowest BCUT2D eigenvalue weighted by Crippen LogP contribution is -2.24. The lowest BCUT2D eigenvalue weighted by atomic mass is 10.2. The van der Waals surface area contributed by atoms with E-state index in [9.17, 15) is 4.79 Å². The van der Waals surface area contributed by atoms with Gasteiger partial charge in [-0.25, -0.2) is 0 Å². The van der Waals surface area contributed by atoms with Crippen LogP contribution in [0.25, 0.3) is 11.4 Å². The number of nitrogens with zero attached hydrogens (tertiary/aromatic N) is 4. The molecule has 1 N–H and O–H groups in total. The lowest BCUT2D eigenvalue weighted by Gasteiger charge is -2.09. The van der Waals surface area contributed by atoms with Crippen LogP contribution >= 0.6 is 11.8 Å². The van der Waals surface area contributed by atoms with Gasteiger partial charge in [0.2, 0.25) is 5.91 Å². The summed E-state index contributed by atoms with van der Waals surface area (Å²) in [7, 11) is 0. The van der Waals surface area contributed by atoms with E-state index in [0.717, 1.165) is 41.7 Å². The number of pyridine rings is 1. The van der Waals surface area contributed by atoms with Gasteiger partial charge in [0.15, 0.2) is 11.0 Å². The summed E-state index contributed by atoms with van der Waals surface area (Å²) in [6, 6.07) is 7.47. The summed E-state index contributed by atoms with van der Waals surface area (Å²) in [6.45, 7) is 3.34. The standard InChI is InChI=1S/C18H21N5O2S/c1-2-3-9-23-17(14-6-4-8-19-11-14)21-22-18(23)26-13-16(24)20-12-15-7-5-10-25-15/h4-8,10-11H,2-3,9,12-13H2,1H3,(H,20,24).